The van der Waals surface area contributed by atoms with Crippen LogP contribution in [0.5, 0.6) is 0 Å². The van der Waals surface area contributed by atoms with E-state index in [1.807, 2.05) is 0 Å². The summed E-state index contributed by atoms with van der Waals surface area (Å²) in [5.41, 5.74) is 0. The van der Waals surface area contributed by atoms with E-state index in [-0.39, 0.29) is 25.9 Å². The van der Waals surface area contributed by atoms with Crippen molar-refractivity contribution in [1.29, 1.82) is 0 Å². The van der Waals surface area contributed by atoms with E-state index in [1.54, 1.807) is 0 Å². The quantitative estimate of drug-likeness (QED) is 0.0197. The number of aliphatic hydroxyl groups is 1. The van der Waals surface area contributed by atoms with Crippen molar-refractivity contribution >= 4 is 25.7 Å². The minimum atomic E-state index is -4.74. The molecule has 0 radical (unpaired) electrons. The van der Waals surface area contributed by atoms with Crippen LogP contribution in [0.25, 0.3) is 0 Å². The van der Waals surface area contributed by atoms with Crippen LogP contribution in [0.4, 0.5) is 0 Å². The molecule has 0 rings (SSSR count). The Bertz CT molecular complexity index is 1330. The van der Waals surface area contributed by atoms with E-state index < -0.39 is 57.8 Å². The van der Waals surface area contributed by atoms with E-state index >= 15 is 0 Å². The fourth-order valence-electron chi connectivity index (χ4n) is 9.71. The SMILES string of the molecule is CCCCCCCC/C=C\CCCCCCCCCC(=O)OC(CO)COP(=O)(O)OCC(COC(=O)CCCCCCCCCCCCCCC)OC(=O)CCCCCCCCCCCCCCCCCCCCC. The van der Waals surface area contributed by atoms with E-state index in [2.05, 4.69) is 32.9 Å². The standard InChI is InChI=1S/C64H123O11P/c1-4-7-10-13-16-19-22-25-27-29-30-32-34-37-40-43-46-49-52-55-64(68)75-61(57-71-62(66)53-50-47-44-41-38-35-24-21-18-15-12-9-6-3)59-73-76(69,70)72-58-60(56-65)74-63(67)54-51-48-45-42-39-36-33-31-28-26-23-20-17-14-11-8-5-2/h26,28,60-61,65H,4-25,27,29-59H2,1-3H3,(H,69,70)/b28-26-. The third-order valence-corrected chi connectivity index (χ3v) is 15.6. The number of phosphoric ester groups is 1. The van der Waals surface area contributed by atoms with E-state index in [1.165, 1.54) is 218 Å². The van der Waals surface area contributed by atoms with Gasteiger partial charge in [-0.1, -0.05) is 290 Å². The van der Waals surface area contributed by atoms with Crippen LogP contribution >= 0.6 is 7.82 Å². The minimum Gasteiger partial charge on any atom is -0.462 e. The second kappa shape index (κ2) is 59.3. The molecule has 0 bridgehead atoms. The van der Waals surface area contributed by atoms with Crippen molar-refractivity contribution in [3.05, 3.63) is 12.2 Å². The molecule has 3 atom stereocenters. The molecule has 11 nitrogen and oxygen atoms in total. The molecule has 3 unspecified atom stereocenters. The van der Waals surface area contributed by atoms with E-state index in [9.17, 15) is 28.9 Å². The molecule has 0 saturated heterocycles. The van der Waals surface area contributed by atoms with Gasteiger partial charge in [-0.25, -0.2) is 4.57 Å². The number of phosphoric acid groups is 1. The zero-order valence-electron chi connectivity index (χ0n) is 50.0. The number of hydrogen-bond acceptors (Lipinski definition) is 10. The number of allylic oxidation sites excluding steroid dienone is 2. The first kappa shape index (κ1) is 74.2. The Kier molecular flexibility index (Phi) is 58.0. The fourth-order valence-corrected chi connectivity index (χ4v) is 10.5. The smallest absolute Gasteiger partial charge is 0.462 e. The molecule has 0 aromatic carbocycles. The maximum absolute atomic E-state index is 12.9. The van der Waals surface area contributed by atoms with Gasteiger partial charge in [-0.3, -0.25) is 23.4 Å². The van der Waals surface area contributed by atoms with Gasteiger partial charge in [0.25, 0.3) is 0 Å². The Hall–Kier alpha value is -1.78. The van der Waals surface area contributed by atoms with Gasteiger partial charge >= 0.3 is 25.7 Å². The number of rotatable bonds is 62. The summed E-state index contributed by atoms with van der Waals surface area (Å²) >= 11 is 0. The number of hydrogen-bond donors (Lipinski definition) is 2. The lowest BCUT2D eigenvalue weighted by molar-refractivity contribution is -0.161. The zero-order valence-corrected chi connectivity index (χ0v) is 50.9. The first-order chi connectivity index (χ1) is 37.2. The Balaban J connectivity index is 4.60. The number of unbranched alkanes of at least 4 members (excludes halogenated alkanes) is 43. The molecule has 76 heavy (non-hydrogen) atoms. The van der Waals surface area contributed by atoms with Crippen molar-refractivity contribution in [2.45, 2.75) is 354 Å². The van der Waals surface area contributed by atoms with Crippen LogP contribution in [-0.2, 0) is 42.2 Å². The summed E-state index contributed by atoms with van der Waals surface area (Å²) in [4.78, 5) is 48.7. The maximum Gasteiger partial charge on any atom is 0.472 e. The Morgan fingerprint density at radius 2 is 0.605 bits per heavy atom. The van der Waals surface area contributed by atoms with Crippen molar-refractivity contribution in [3.8, 4) is 0 Å². The number of esters is 3. The van der Waals surface area contributed by atoms with Crippen LogP contribution in [0, 0.1) is 0 Å². The molecule has 0 amide bonds. The van der Waals surface area contributed by atoms with Gasteiger partial charge in [0.05, 0.1) is 19.8 Å². The number of ether oxygens (including phenoxy) is 3. The van der Waals surface area contributed by atoms with Gasteiger partial charge < -0.3 is 24.2 Å². The maximum atomic E-state index is 12.9. The van der Waals surface area contributed by atoms with Gasteiger partial charge in [-0.2, -0.15) is 0 Å². The Morgan fingerprint density at radius 3 is 0.908 bits per heavy atom. The highest BCUT2D eigenvalue weighted by molar-refractivity contribution is 7.47. The van der Waals surface area contributed by atoms with E-state index in [0.717, 1.165) is 64.2 Å². The highest BCUT2D eigenvalue weighted by Gasteiger charge is 2.28. The average molecular weight is 1100 g/mol. The lowest BCUT2D eigenvalue weighted by Gasteiger charge is -2.21. The largest absolute Gasteiger partial charge is 0.472 e. The minimum absolute atomic E-state index is 0.177. The molecule has 0 aromatic rings. The second-order valence-corrected chi connectivity index (χ2v) is 23.8. The predicted molar refractivity (Wildman–Crippen MR) is 317 cm³/mol. The Labute approximate surface area is 468 Å². The third kappa shape index (κ3) is 56.9. The highest BCUT2D eigenvalue weighted by atomic mass is 31.2. The van der Waals surface area contributed by atoms with Gasteiger partial charge in [0.1, 0.15) is 12.7 Å². The molecular weight excluding hydrogens is 976 g/mol. The molecule has 450 valence electrons. The molecule has 12 heteroatoms. The van der Waals surface area contributed by atoms with E-state index in [4.69, 9.17) is 23.3 Å². The van der Waals surface area contributed by atoms with Gasteiger partial charge in [-0.15, -0.1) is 0 Å². The molecule has 0 aromatic heterocycles. The summed E-state index contributed by atoms with van der Waals surface area (Å²) in [7, 11) is -4.74. The van der Waals surface area contributed by atoms with Gasteiger partial charge in [0, 0.05) is 19.3 Å². The Morgan fingerprint density at radius 1 is 0.355 bits per heavy atom. The van der Waals surface area contributed by atoms with Crippen LogP contribution < -0.4 is 0 Å². The third-order valence-electron chi connectivity index (χ3n) is 14.7. The van der Waals surface area contributed by atoms with Crippen molar-refractivity contribution in [1.82, 2.24) is 0 Å². The first-order valence-corrected chi connectivity index (χ1v) is 34.1. The van der Waals surface area contributed by atoms with Gasteiger partial charge in [-0.05, 0) is 44.9 Å². The molecular formula is C64H123O11P. The molecule has 0 aliphatic heterocycles. The topological polar surface area (TPSA) is 155 Å². The molecule has 2 N–H and O–H groups in total. The zero-order chi connectivity index (χ0) is 55.5. The first-order valence-electron chi connectivity index (χ1n) is 32.6. The molecule has 0 heterocycles. The monoisotopic (exact) mass is 1100 g/mol. The molecule has 0 spiro atoms. The van der Waals surface area contributed by atoms with Crippen LogP contribution in [0.1, 0.15) is 342 Å². The van der Waals surface area contributed by atoms with Crippen LogP contribution in [0.3, 0.4) is 0 Å². The van der Waals surface area contributed by atoms with Crippen LogP contribution in [0.2, 0.25) is 0 Å². The molecule has 0 saturated carbocycles. The fraction of sp³-hybridized carbons (Fsp3) is 0.922. The average Bonchev–Trinajstić information content (AvgIpc) is 3.41. The molecule has 0 aliphatic rings. The van der Waals surface area contributed by atoms with E-state index in [0.29, 0.717) is 19.3 Å². The highest BCUT2D eigenvalue weighted by Crippen LogP contribution is 2.43. The van der Waals surface area contributed by atoms with Crippen molar-refractivity contribution in [3.63, 3.8) is 0 Å². The summed E-state index contributed by atoms with van der Waals surface area (Å²) in [5.74, 6) is -1.43. The summed E-state index contributed by atoms with van der Waals surface area (Å²) in [6.45, 7) is 4.73. The normalized spacial score (nSPS) is 13.3. The van der Waals surface area contributed by atoms with Crippen LogP contribution in [0.15, 0.2) is 12.2 Å². The van der Waals surface area contributed by atoms with Crippen LogP contribution in [-0.4, -0.2) is 66.5 Å². The van der Waals surface area contributed by atoms with Crippen molar-refractivity contribution in [2.24, 2.45) is 0 Å². The lowest BCUT2D eigenvalue weighted by Crippen LogP contribution is -2.30. The number of carbonyl (C=O) groups excluding carboxylic acids is 3. The summed E-state index contributed by atoms with van der Waals surface area (Å²) in [5, 5.41) is 9.85. The van der Waals surface area contributed by atoms with Gasteiger partial charge in [0.15, 0.2) is 6.10 Å². The molecule has 0 fully saturated rings. The summed E-state index contributed by atoms with van der Waals surface area (Å²) < 4.78 is 39.7. The number of aliphatic hydroxyl groups excluding tert-OH is 1. The molecule has 0 aliphatic carbocycles. The van der Waals surface area contributed by atoms with Crippen molar-refractivity contribution in [2.75, 3.05) is 26.4 Å². The summed E-state index contributed by atoms with van der Waals surface area (Å²) in [6.07, 6.45) is 60.2. The number of carbonyl (C=O) groups is 3. The lowest BCUT2D eigenvalue weighted by atomic mass is 10.0. The predicted octanol–water partition coefficient (Wildman–Crippen LogP) is 19.6. The summed E-state index contributed by atoms with van der Waals surface area (Å²) in [6, 6.07) is 0. The van der Waals surface area contributed by atoms with Crippen molar-refractivity contribution < 1.29 is 52.2 Å². The second-order valence-electron chi connectivity index (χ2n) is 22.3. The van der Waals surface area contributed by atoms with Gasteiger partial charge in [0.2, 0.25) is 0 Å².